The zero-order valence-corrected chi connectivity index (χ0v) is 24.2. The lowest BCUT2D eigenvalue weighted by Crippen LogP contribution is -2.61. The second-order valence-electron chi connectivity index (χ2n) is 10.6. The van der Waals surface area contributed by atoms with Gasteiger partial charge in [0.15, 0.2) is 0 Å². The number of aliphatic hydroxyl groups excluding tert-OH is 1. The van der Waals surface area contributed by atoms with Crippen molar-refractivity contribution in [1.29, 1.82) is 0 Å². The van der Waals surface area contributed by atoms with Crippen molar-refractivity contribution in [2.24, 2.45) is 0 Å². The molecule has 1 fully saturated rings. The van der Waals surface area contributed by atoms with Gasteiger partial charge in [0, 0.05) is 38.3 Å². The molecule has 0 aliphatic carbocycles. The first-order valence-corrected chi connectivity index (χ1v) is 14.5. The molecule has 0 unspecified atom stereocenters. The zero-order valence-electron chi connectivity index (χ0n) is 24.2. The van der Waals surface area contributed by atoms with Crippen LogP contribution in [-0.4, -0.2) is 77.0 Å². The van der Waals surface area contributed by atoms with E-state index in [1.165, 1.54) is 10.5 Å². The second kappa shape index (κ2) is 15.6. The number of benzene rings is 2. The average molecular weight is 573 g/mol. The highest BCUT2D eigenvalue weighted by Gasteiger charge is 2.38. The highest BCUT2D eigenvalue weighted by Crippen LogP contribution is 2.17. The quantitative estimate of drug-likeness (QED) is 0.285. The average Bonchev–Trinajstić information content (AvgIpc) is 2.94. The molecule has 10 heteroatoms. The van der Waals surface area contributed by atoms with Crippen LogP contribution in [0.4, 0.5) is 8.78 Å². The molecule has 3 atom stereocenters. The van der Waals surface area contributed by atoms with Crippen LogP contribution in [0.3, 0.4) is 0 Å². The van der Waals surface area contributed by atoms with E-state index in [2.05, 4.69) is 23.6 Å². The maximum Gasteiger partial charge on any atom is 0.312 e. The van der Waals surface area contributed by atoms with E-state index in [9.17, 15) is 28.3 Å². The fourth-order valence-corrected chi connectivity index (χ4v) is 5.12. The summed E-state index contributed by atoms with van der Waals surface area (Å²) in [6.45, 7) is 6.96. The first-order valence-electron chi connectivity index (χ1n) is 14.5. The van der Waals surface area contributed by atoms with Crippen molar-refractivity contribution < 1.29 is 28.3 Å². The Balaban J connectivity index is 1.68. The predicted octanol–water partition coefficient (Wildman–Crippen LogP) is 2.95. The molecule has 0 aromatic heterocycles. The fraction of sp³-hybridized carbons (Fsp3) is 0.516. The number of unbranched alkanes of at least 4 members (excludes halogenated alkanes) is 1. The standard InChI is InChI=1S/C31H42F2N4O4/c1-4-7-11-37-26(6-3)19-36(30(40)31(37)41)20-29(39)35-27(15-23-13-24(32)16-25(33)14-23)28(38)18-34-17-22-10-8-9-21(5-2)12-22/h8-10,12-14,16,26-28,34,38H,4-7,11,15,17-20H2,1-3H3,(H,35,39)/t26-,27+,28+/m1/s1. The minimum Gasteiger partial charge on any atom is -0.390 e. The number of aryl methyl sites for hydroxylation is 1. The fourth-order valence-electron chi connectivity index (χ4n) is 5.12. The molecule has 1 aliphatic heterocycles. The minimum absolute atomic E-state index is 0.0379. The van der Waals surface area contributed by atoms with Crippen LogP contribution in [0.15, 0.2) is 42.5 Å². The summed E-state index contributed by atoms with van der Waals surface area (Å²) in [4.78, 5) is 41.5. The molecule has 8 nitrogen and oxygen atoms in total. The molecule has 0 saturated carbocycles. The van der Waals surface area contributed by atoms with Crippen LogP contribution >= 0.6 is 0 Å². The number of halogens is 2. The number of carbonyl (C=O) groups excluding carboxylic acids is 3. The van der Waals surface area contributed by atoms with Crippen LogP contribution in [-0.2, 0) is 33.8 Å². The van der Waals surface area contributed by atoms with E-state index < -0.39 is 41.5 Å². The molecule has 2 aromatic carbocycles. The number of hydrogen-bond acceptors (Lipinski definition) is 5. The summed E-state index contributed by atoms with van der Waals surface area (Å²) in [6.07, 6.45) is 2.07. The number of piperazine rings is 1. The Hall–Kier alpha value is -3.37. The summed E-state index contributed by atoms with van der Waals surface area (Å²) in [6, 6.07) is 10.0. The van der Waals surface area contributed by atoms with Crippen molar-refractivity contribution in [2.45, 2.75) is 77.6 Å². The smallest absolute Gasteiger partial charge is 0.312 e. The first-order chi connectivity index (χ1) is 19.6. The van der Waals surface area contributed by atoms with Gasteiger partial charge in [0.05, 0.1) is 12.1 Å². The SMILES string of the molecule is CCCCN1C(=O)C(=O)N(CC(=O)N[C@@H](Cc2cc(F)cc(F)c2)[C@@H](O)CNCc2cccc(CC)c2)C[C@H]1CC. The Morgan fingerprint density at radius 3 is 2.39 bits per heavy atom. The van der Waals surface area contributed by atoms with Gasteiger partial charge in [-0.1, -0.05) is 51.5 Å². The second-order valence-corrected chi connectivity index (χ2v) is 10.6. The van der Waals surface area contributed by atoms with Gasteiger partial charge in [0.1, 0.15) is 18.2 Å². The predicted molar refractivity (Wildman–Crippen MR) is 153 cm³/mol. The van der Waals surface area contributed by atoms with Crippen LogP contribution in [0.2, 0.25) is 0 Å². The molecule has 224 valence electrons. The van der Waals surface area contributed by atoms with E-state index >= 15 is 0 Å². The van der Waals surface area contributed by atoms with E-state index in [1.54, 1.807) is 4.90 Å². The summed E-state index contributed by atoms with van der Waals surface area (Å²) in [5, 5.41) is 16.9. The third-order valence-electron chi connectivity index (χ3n) is 7.43. The summed E-state index contributed by atoms with van der Waals surface area (Å²) in [7, 11) is 0. The summed E-state index contributed by atoms with van der Waals surface area (Å²) in [5.74, 6) is -3.44. The molecular weight excluding hydrogens is 530 g/mol. The highest BCUT2D eigenvalue weighted by atomic mass is 19.1. The van der Waals surface area contributed by atoms with E-state index in [4.69, 9.17) is 0 Å². The first kappa shape index (κ1) is 32.1. The molecule has 2 aromatic rings. The molecule has 0 radical (unpaired) electrons. The van der Waals surface area contributed by atoms with Crippen molar-refractivity contribution in [3.05, 3.63) is 70.8 Å². The van der Waals surface area contributed by atoms with Gasteiger partial charge in [0.25, 0.3) is 0 Å². The summed E-state index contributed by atoms with van der Waals surface area (Å²) in [5.41, 5.74) is 2.49. The number of nitrogens with one attached hydrogen (secondary N) is 2. The van der Waals surface area contributed by atoms with Gasteiger partial charge < -0.3 is 25.5 Å². The van der Waals surface area contributed by atoms with E-state index in [0.29, 0.717) is 19.5 Å². The third kappa shape index (κ3) is 9.33. The zero-order chi connectivity index (χ0) is 29.9. The van der Waals surface area contributed by atoms with Crippen molar-refractivity contribution >= 4 is 17.7 Å². The van der Waals surface area contributed by atoms with Crippen LogP contribution in [0.25, 0.3) is 0 Å². The van der Waals surface area contributed by atoms with Crippen LogP contribution < -0.4 is 10.6 Å². The van der Waals surface area contributed by atoms with E-state index in [0.717, 1.165) is 43.0 Å². The Morgan fingerprint density at radius 1 is 1.02 bits per heavy atom. The van der Waals surface area contributed by atoms with Crippen LogP contribution in [0.5, 0.6) is 0 Å². The van der Waals surface area contributed by atoms with Gasteiger partial charge >= 0.3 is 11.8 Å². The molecule has 1 aliphatic rings. The van der Waals surface area contributed by atoms with Gasteiger partial charge in [-0.05, 0) is 54.5 Å². The number of rotatable bonds is 15. The largest absolute Gasteiger partial charge is 0.390 e. The number of nitrogens with zero attached hydrogens (tertiary/aromatic N) is 2. The maximum absolute atomic E-state index is 13.9. The lowest BCUT2D eigenvalue weighted by atomic mass is 10.00. The topological polar surface area (TPSA) is 102 Å². The Morgan fingerprint density at radius 2 is 1.73 bits per heavy atom. The third-order valence-corrected chi connectivity index (χ3v) is 7.43. The summed E-state index contributed by atoms with van der Waals surface area (Å²) < 4.78 is 27.8. The Labute approximate surface area is 241 Å². The molecule has 0 spiro atoms. The van der Waals surface area contributed by atoms with Crippen molar-refractivity contribution in [2.75, 3.05) is 26.2 Å². The van der Waals surface area contributed by atoms with Crippen molar-refractivity contribution in [1.82, 2.24) is 20.4 Å². The minimum atomic E-state index is -1.11. The van der Waals surface area contributed by atoms with Crippen molar-refractivity contribution in [3.8, 4) is 0 Å². The van der Waals surface area contributed by atoms with Crippen molar-refractivity contribution in [3.63, 3.8) is 0 Å². The molecule has 41 heavy (non-hydrogen) atoms. The molecule has 3 amide bonds. The van der Waals surface area contributed by atoms with Crippen LogP contribution in [0, 0.1) is 11.6 Å². The number of aliphatic hydroxyl groups is 1. The molecule has 0 bridgehead atoms. The summed E-state index contributed by atoms with van der Waals surface area (Å²) >= 11 is 0. The molecule has 1 heterocycles. The molecule has 1 saturated heterocycles. The van der Waals surface area contributed by atoms with Crippen LogP contribution in [0.1, 0.15) is 56.7 Å². The highest BCUT2D eigenvalue weighted by molar-refractivity contribution is 6.35. The van der Waals surface area contributed by atoms with Gasteiger partial charge in [-0.2, -0.15) is 0 Å². The number of amides is 3. The lowest BCUT2D eigenvalue weighted by Gasteiger charge is -2.40. The Kier molecular flexibility index (Phi) is 12.2. The number of carbonyl (C=O) groups is 3. The molecule has 3 N–H and O–H groups in total. The van der Waals surface area contributed by atoms with Gasteiger partial charge in [-0.25, -0.2) is 8.78 Å². The number of hydrogen-bond donors (Lipinski definition) is 3. The molecule has 3 rings (SSSR count). The monoisotopic (exact) mass is 572 g/mol. The lowest BCUT2D eigenvalue weighted by molar-refractivity contribution is -0.160. The Bertz CT molecular complexity index is 1170. The van der Waals surface area contributed by atoms with Gasteiger partial charge in [-0.15, -0.1) is 0 Å². The van der Waals surface area contributed by atoms with E-state index in [1.807, 2.05) is 32.0 Å². The molecular formula is C31H42F2N4O4. The van der Waals surface area contributed by atoms with E-state index in [-0.39, 0.29) is 37.7 Å². The normalized spacial score (nSPS) is 17.1. The van der Waals surface area contributed by atoms with Gasteiger partial charge in [0.2, 0.25) is 5.91 Å². The maximum atomic E-state index is 13.9. The van der Waals surface area contributed by atoms with Gasteiger partial charge in [-0.3, -0.25) is 14.4 Å².